The van der Waals surface area contributed by atoms with Gasteiger partial charge in [-0.25, -0.2) is 0 Å². The maximum absolute atomic E-state index is 8.96. The van der Waals surface area contributed by atoms with Crippen molar-refractivity contribution in [3.05, 3.63) is 42.0 Å². The van der Waals surface area contributed by atoms with Gasteiger partial charge in [0.15, 0.2) is 0 Å². The average molecular weight is 273 g/mol. The molecule has 0 aliphatic heterocycles. The first kappa shape index (κ1) is 14.8. The summed E-state index contributed by atoms with van der Waals surface area (Å²) < 4.78 is 5.24. The van der Waals surface area contributed by atoms with E-state index in [1.807, 2.05) is 12.1 Å². The summed E-state index contributed by atoms with van der Waals surface area (Å²) in [6.45, 7) is 4.47. The molecule has 2 N–H and O–H groups in total. The van der Waals surface area contributed by atoms with Crippen molar-refractivity contribution < 1.29 is 9.84 Å². The van der Waals surface area contributed by atoms with Crippen LogP contribution in [0.1, 0.15) is 31.9 Å². The second-order valence-corrected chi connectivity index (χ2v) is 5.27. The summed E-state index contributed by atoms with van der Waals surface area (Å²) in [7, 11) is 1.68. The van der Waals surface area contributed by atoms with Crippen molar-refractivity contribution in [2.45, 2.75) is 32.4 Å². The van der Waals surface area contributed by atoms with Gasteiger partial charge in [0.1, 0.15) is 5.75 Å². The van der Waals surface area contributed by atoms with E-state index in [9.17, 15) is 0 Å². The van der Waals surface area contributed by atoms with Crippen LogP contribution in [0, 0.1) is 0 Å². The Balaban J connectivity index is 2.18. The third-order valence-corrected chi connectivity index (χ3v) is 3.67. The number of nitrogens with one attached hydrogen (secondary N) is 1. The van der Waals surface area contributed by atoms with E-state index in [0.29, 0.717) is 6.04 Å². The molecule has 0 saturated heterocycles. The van der Waals surface area contributed by atoms with Gasteiger partial charge in [-0.2, -0.15) is 0 Å². The van der Waals surface area contributed by atoms with Crippen LogP contribution in [0.3, 0.4) is 0 Å². The molecule has 3 heteroatoms. The lowest BCUT2D eigenvalue weighted by molar-refractivity contribution is 0.264. The molecule has 108 valence electrons. The molecule has 0 amide bonds. The number of fused-ring (bicyclic) bond motifs is 1. The van der Waals surface area contributed by atoms with Crippen LogP contribution in [0.4, 0.5) is 0 Å². The van der Waals surface area contributed by atoms with Crippen LogP contribution in [0.15, 0.2) is 36.4 Å². The number of rotatable bonds is 6. The second kappa shape index (κ2) is 6.73. The lowest BCUT2D eigenvalue weighted by Crippen LogP contribution is -2.29. The Labute approximate surface area is 120 Å². The smallest absolute Gasteiger partial charge is 0.119 e. The van der Waals surface area contributed by atoms with Gasteiger partial charge in [0.05, 0.1) is 7.11 Å². The quantitative estimate of drug-likeness (QED) is 0.848. The van der Waals surface area contributed by atoms with Crippen molar-refractivity contribution in [2.24, 2.45) is 0 Å². The van der Waals surface area contributed by atoms with Gasteiger partial charge in [0.2, 0.25) is 0 Å². The van der Waals surface area contributed by atoms with Crippen molar-refractivity contribution in [1.82, 2.24) is 5.32 Å². The van der Waals surface area contributed by atoms with Gasteiger partial charge in [-0.05, 0) is 54.8 Å². The molecule has 0 aliphatic carbocycles. The van der Waals surface area contributed by atoms with E-state index in [1.165, 1.54) is 16.3 Å². The van der Waals surface area contributed by atoms with Crippen LogP contribution >= 0.6 is 0 Å². The summed E-state index contributed by atoms with van der Waals surface area (Å²) in [4.78, 5) is 0. The molecule has 0 heterocycles. The summed E-state index contributed by atoms with van der Waals surface area (Å²) in [6.07, 6.45) is 0.773. The lowest BCUT2D eigenvalue weighted by Gasteiger charge is -2.20. The second-order valence-electron chi connectivity index (χ2n) is 5.27. The van der Waals surface area contributed by atoms with Crippen molar-refractivity contribution in [3.8, 4) is 5.75 Å². The third-order valence-electron chi connectivity index (χ3n) is 3.67. The molecule has 0 fully saturated rings. The minimum atomic E-state index is 0.221. The highest BCUT2D eigenvalue weighted by Crippen LogP contribution is 2.24. The Kier molecular flexibility index (Phi) is 4.99. The molecular weight excluding hydrogens is 250 g/mol. The SMILES string of the molecule is COc1ccc2cc(C(C)NC(C)CCO)ccc2c1. The standard InChI is InChI=1S/C17H23NO2/c1-12(8-9-19)18-13(2)14-4-5-16-11-17(20-3)7-6-15(16)10-14/h4-7,10-13,18-19H,8-9H2,1-3H3. The molecule has 0 radical (unpaired) electrons. The Hall–Kier alpha value is -1.58. The molecule has 0 saturated carbocycles. The van der Waals surface area contributed by atoms with Gasteiger partial charge >= 0.3 is 0 Å². The molecule has 0 bridgehead atoms. The van der Waals surface area contributed by atoms with Gasteiger partial charge in [-0.15, -0.1) is 0 Å². The molecule has 2 aromatic carbocycles. The van der Waals surface area contributed by atoms with Crippen LogP contribution in [0.5, 0.6) is 5.75 Å². The molecular formula is C17H23NO2. The number of hydrogen-bond donors (Lipinski definition) is 2. The monoisotopic (exact) mass is 273 g/mol. The Morgan fingerprint density at radius 3 is 2.50 bits per heavy atom. The fourth-order valence-electron chi connectivity index (χ4n) is 2.44. The maximum Gasteiger partial charge on any atom is 0.119 e. The van der Waals surface area contributed by atoms with Crippen molar-refractivity contribution in [1.29, 1.82) is 0 Å². The van der Waals surface area contributed by atoms with Gasteiger partial charge in [-0.1, -0.05) is 18.2 Å². The predicted octanol–water partition coefficient (Wildman–Crippen LogP) is 3.27. The minimum Gasteiger partial charge on any atom is -0.497 e. The molecule has 2 aromatic rings. The van der Waals surface area contributed by atoms with Gasteiger partial charge in [0.25, 0.3) is 0 Å². The van der Waals surface area contributed by atoms with Gasteiger partial charge in [-0.3, -0.25) is 0 Å². The number of aliphatic hydroxyl groups excluding tert-OH is 1. The van der Waals surface area contributed by atoms with E-state index < -0.39 is 0 Å². The van der Waals surface area contributed by atoms with Crippen LogP contribution < -0.4 is 10.1 Å². The van der Waals surface area contributed by atoms with E-state index >= 15 is 0 Å². The zero-order chi connectivity index (χ0) is 14.5. The molecule has 3 nitrogen and oxygen atoms in total. The number of hydrogen-bond acceptors (Lipinski definition) is 3. The Morgan fingerprint density at radius 1 is 1.10 bits per heavy atom. The van der Waals surface area contributed by atoms with E-state index in [0.717, 1.165) is 12.2 Å². The maximum atomic E-state index is 8.96. The summed E-state index contributed by atoms with van der Waals surface area (Å²) in [5.41, 5.74) is 1.26. The van der Waals surface area contributed by atoms with Crippen LogP contribution in [-0.2, 0) is 0 Å². The highest BCUT2D eigenvalue weighted by molar-refractivity contribution is 5.84. The van der Waals surface area contributed by atoms with E-state index in [2.05, 4.69) is 43.4 Å². The molecule has 2 rings (SSSR count). The van der Waals surface area contributed by atoms with Crippen LogP contribution in [-0.4, -0.2) is 24.9 Å². The molecule has 0 aliphatic rings. The zero-order valence-electron chi connectivity index (χ0n) is 12.4. The molecule has 0 aromatic heterocycles. The highest BCUT2D eigenvalue weighted by atomic mass is 16.5. The Bertz CT molecular complexity index is 568. The van der Waals surface area contributed by atoms with Crippen LogP contribution in [0.2, 0.25) is 0 Å². The van der Waals surface area contributed by atoms with Crippen molar-refractivity contribution in [3.63, 3.8) is 0 Å². The molecule has 20 heavy (non-hydrogen) atoms. The first-order valence-corrected chi connectivity index (χ1v) is 7.08. The predicted molar refractivity (Wildman–Crippen MR) is 83.2 cm³/mol. The first-order chi connectivity index (χ1) is 9.63. The lowest BCUT2D eigenvalue weighted by atomic mass is 10.0. The highest BCUT2D eigenvalue weighted by Gasteiger charge is 2.09. The van der Waals surface area contributed by atoms with Crippen LogP contribution in [0.25, 0.3) is 10.8 Å². The van der Waals surface area contributed by atoms with Gasteiger partial charge < -0.3 is 15.2 Å². The number of methoxy groups -OCH3 is 1. The summed E-state index contributed by atoms with van der Waals surface area (Å²) in [6, 6.07) is 13.2. The zero-order valence-corrected chi connectivity index (χ0v) is 12.4. The van der Waals surface area contributed by atoms with E-state index in [4.69, 9.17) is 9.84 Å². The summed E-state index contributed by atoms with van der Waals surface area (Å²) in [5, 5.41) is 14.9. The minimum absolute atomic E-state index is 0.221. The molecule has 2 atom stereocenters. The first-order valence-electron chi connectivity index (χ1n) is 7.08. The normalized spacial score (nSPS) is 14.2. The van der Waals surface area contributed by atoms with Crippen molar-refractivity contribution in [2.75, 3.05) is 13.7 Å². The summed E-state index contributed by atoms with van der Waals surface area (Å²) >= 11 is 0. The third kappa shape index (κ3) is 3.50. The Morgan fingerprint density at radius 2 is 1.80 bits per heavy atom. The van der Waals surface area contributed by atoms with Crippen molar-refractivity contribution >= 4 is 10.8 Å². The van der Waals surface area contributed by atoms with E-state index in [1.54, 1.807) is 7.11 Å². The largest absolute Gasteiger partial charge is 0.497 e. The average Bonchev–Trinajstić information content (AvgIpc) is 2.46. The van der Waals surface area contributed by atoms with E-state index in [-0.39, 0.29) is 12.6 Å². The molecule has 2 unspecified atom stereocenters. The molecule has 0 spiro atoms. The number of ether oxygens (including phenoxy) is 1. The fourth-order valence-corrected chi connectivity index (χ4v) is 2.44. The van der Waals surface area contributed by atoms with Gasteiger partial charge in [0, 0.05) is 18.7 Å². The fraction of sp³-hybridized carbons (Fsp3) is 0.412. The number of aliphatic hydroxyl groups is 1. The summed E-state index contributed by atoms with van der Waals surface area (Å²) in [5.74, 6) is 0.882. The topological polar surface area (TPSA) is 41.5 Å². The number of benzene rings is 2.